The van der Waals surface area contributed by atoms with Gasteiger partial charge < -0.3 is 15.0 Å². The van der Waals surface area contributed by atoms with Gasteiger partial charge in [0.25, 0.3) is 0 Å². The van der Waals surface area contributed by atoms with Crippen LogP contribution in [0.3, 0.4) is 0 Å². The van der Waals surface area contributed by atoms with Crippen molar-refractivity contribution >= 4 is 22.4 Å². The smallest absolute Gasteiger partial charge is 0.305 e. The molecule has 0 saturated heterocycles. The fourth-order valence-corrected chi connectivity index (χ4v) is 2.20. The average molecular weight is 271 g/mol. The van der Waals surface area contributed by atoms with E-state index in [2.05, 4.69) is 34.0 Å². The number of hydrogen-bond acceptors (Lipinski definition) is 6. The molecular weight excluding hydrogens is 250 g/mol. The van der Waals surface area contributed by atoms with Crippen molar-refractivity contribution in [2.45, 2.75) is 19.3 Å². The van der Waals surface area contributed by atoms with E-state index in [0.717, 1.165) is 30.3 Å². The van der Waals surface area contributed by atoms with Gasteiger partial charge in [-0.2, -0.15) is 0 Å². The SMILES string of the molecule is COC(=O)CCc1csc(NCCCN(C)C)n1. The van der Waals surface area contributed by atoms with Crippen molar-refractivity contribution in [3.8, 4) is 0 Å². The first kappa shape index (κ1) is 14.9. The minimum Gasteiger partial charge on any atom is -0.469 e. The highest BCUT2D eigenvalue weighted by atomic mass is 32.1. The largest absolute Gasteiger partial charge is 0.469 e. The lowest BCUT2D eigenvalue weighted by molar-refractivity contribution is -0.140. The second-order valence-electron chi connectivity index (χ2n) is 4.30. The zero-order valence-electron chi connectivity index (χ0n) is 11.2. The number of carbonyl (C=O) groups is 1. The molecule has 5 nitrogen and oxygen atoms in total. The summed E-state index contributed by atoms with van der Waals surface area (Å²) in [5.41, 5.74) is 0.945. The van der Waals surface area contributed by atoms with Crippen LogP contribution in [0.25, 0.3) is 0 Å². The van der Waals surface area contributed by atoms with E-state index in [1.54, 1.807) is 11.3 Å². The van der Waals surface area contributed by atoms with E-state index in [9.17, 15) is 4.79 Å². The first-order valence-electron chi connectivity index (χ1n) is 6.01. The predicted octanol–water partition coefficient (Wildman–Crippen LogP) is 1.61. The highest BCUT2D eigenvalue weighted by molar-refractivity contribution is 7.13. The molecule has 0 saturated carbocycles. The van der Waals surface area contributed by atoms with Gasteiger partial charge in [0.1, 0.15) is 0 Å². The van der Waals surface area contributed by atoms with Gasteiger partial charge in [0.05, 0.1) is 19.2 Å². The van der Waals surface area contributed by atoms with Gasteiger partial charge in [0, 0.05) is 18.3 Å². The molecule has 0 fully saturated rings. The number of aromatic nitrogens is 1. The molecule has 0 aliphatic heterocycles. The highest BCUT2D eigenvalue weighted by Crippen LogP contribution is 2.16. The summed E-state index contributed by atoms with van der Waals surface area (Å²) in [5.74, 6) is -0.191. The predicted molar refractivity (Wildman–Crippen MR) is 74.1 cm³/mol. The number of nitrogens with zero attached hydrogens (tertiary/aromatic N) is 2. The molecule has 1 aromatic rings. The summed E-state index contributed by atoms with van der Waals surface area (Å²) in [4.78, 5) is 17.6. The lowest BCUT2D eigenvalue weighted by Crippen LogP contribution is -2.16. The van der Waals surface area contributed by atoms with E-state index in [4.69, 9.17) is 0 Å². The Hall–Kier alpha value is -1.14. The van der Waals surface area contributed by atoms with Crippen LogP contribution in [-0.4, -0.2) is 50.1 Å². The van der Waals surface area contributed by atoms with E-state index in [1.165, 1.54) is 7.11 Å². The van der Waals surface area contributed by atoms with Gasteiger partial charge in [-0.25, -0.2) is 4.98 Å². The van der Waals surface area contributed by atoms with Gasteiger partial charge >= 0.3 is 5.97 Å². The highest BCUT2D eigenvalue weighted by Gasteiger charge is 2.05. The van der Waals surface area contributed by atoms with Crippen LogP contribution in [0, 0.1) is 0 Å². The van der Waals surface area contributed by atoms with Crippen molar-refractivity contribution < 1.29 is 9.53 Å². The normalized spacial score (nSPS) is 10.7. The maximum Gasteiger partial charge on any atom is 0.305 e. The number of hydrogen-bond donors (Lipinski definition) is 1. The number of esters is 1. The van der Waals surface area contributed by atoms with E-state index in [0.29, 0.717) is 12.8 Å². The van der Waals surface area contributed by atoms with Gasteiger partial charge in [-0.15, -0.1) is 11.3 Å². The van der Waals surface area contributed by atoms with Crippen LogP contribution in [0.4, 0.5) is 5.13 Å². The van der Waals surface area contributed by atoms with E-state index in [1.807, 2.05) is 5.38 Å². The van der Waals surface area contributed by atoms with E-state index >= 15 is 0 Å². The molecule has 6 heteroatoms. The van der Waals surface area contributed by atoms with Crippen molar-refractivity contribution in [3.05, 3.63) is 11.1 Å². The summed E-state index contributed by atoms with van der Waals surface area (Å²) < 4.78 is 4.60. The van der Waals surface area contributed by atoms with Crippen LogP contribution in [0.1, 0.15) is 18.5 Å². The van der Waals surface area contributed by atoms with Crippen molar-refractivity contribution in [1.82, 2.24) is 9.88 Å². The minimum absolute atomic E-state index is 0.191. The van der Waals surface area contributed by atoms with E-state index < -0.39 is 0 Å². The quantitative estimate of drug-likeness (QED) is 0.575. The summed E-state index contributed by atoms with van der Waals surface area (Å²) in [6, 6.07) is 0. The molecular formula is C12H21N3O2S. The summed E-state index contributed by atoms with van der Waals surface area (Å²) in [6.07, 6.45) is 2.12. The lowest BCUT2D eigenvalue weighted by atomic mass is 10.2. The average Bonchev–Trinajstić information content (AvgIpc) is 2.79. The third-order valence-corrected chi connectivity index (χ3v) is 3.27. The molecule has 0 bridgehead atoms. The molecule has 0 aliphatic carbocycles. The second-order valence-corrected chi connectivity index (χ2v) is 5.16. The summed E-state index contributed by atoms with van der Waals surface area (Å²) in [5, 5.41) is 6.19. The molecule has 18 heavy (non-hydrogen) atoms. The second kappa shape index (κ2) is 8.05. The van der Waals surface area contributed by atoms with Crippen LogP contribution >= 0.6 is 11.3 Å². The Balaban J connectivity index is 2.23. The number of nitrogens with one attached hydrogen (secondary N) is 1. The molecule has 1 aromatic heterocycles. The van der Waals surface area contributed by atoms with Crippen molar-refractivity contribution in [2.24, 2.45) is 0 Å². The summed E-state index contributed by atoms with van der Waals surface area (Å²) in [6.45, 7) is 1.98. The zero-order chi connectivity index (χ0) is 13.4. The van der Waals surface area contributed by atoms with Gasteiger partial charge in [-0.1, -0.05) is 0 Å². The number of carbonyl (C=O) groups excluding carboxylic acids is 1. The molecule has 0 atom stereocenters. The van der Waals surface area contributed by atoms with Crippen LogP contribution < -0.4 is 5.32 Å². The van der Waals surface area contributed by atoms with Crippen molar-refractivity contribution in [3.63, 3.8) is 0 Å². The first-order valence-corrected chi connectivity index (χ1v) is 6.89. The Morgan fingerprint density at radius 2 is 2.33 bits per heavy atom. The minimum atomic E-state index is -0.191. The van der Waals surface area contributed by atoms with Gasteiger partial charge in [0.2, 0.25) is 0 Å². The number of aryl methyl sites for hydroxylation is 1. The van der Waals surface area contributed by atoms with Crippen molar-refractivity contribution in [1.29, 1.82) is 0 Å². The van der Waals surface area contributed by atoms with Gasteiger partial charge in [-0.3, -0.25) is 4.79 Å². The van der Waals surface area contributed by atoms with Gasteiger partial charge in [0.15, 0.2) is 5.13 Å². The van der Waals surface area contributed by atoms with E-state index in [-0.39, 0.29) is 5.97 Å². The summed E-state index contributed by atoms with van der Waals surface area (Å²) in [7, 11) is 5.53. The Kier molecular flexibility index (Phi) is 6.67. The molecule has 0 aliphatic rings. The molecule has 0 unspecified atom stereocenters. The number of rotatable bonds is 8. The van der Waals surface area contributed by atoms with Crippen LogP contribution in [0.2, 0.25) is 0 Å². The molecule has 102 valence electrons. The Morgan fingerprint density at radius 1 is 1.56 bits per heavy atom. The topological polar surface area (TPSA) is 54.5 Å². The number of thiazole rings is 1. The standard InChI is InChI=1S/C12H21N3O2S/c1-15(2)8-4-7-13-12-14-10(9-18-12)5-6-11(16)17-3/h9H,4-8H2,1-3H3,(H,13,14). The Morgan fingerprint density at radius 3 is 3.00 bits per heavy atom. The summed E-state index contributed by atoms with van der Waals surface area (Å²) >= 11 is 1.58. The third-order valence-electron chi connectivity index (χ3n) is 2.42. The maximum atomic E-state index is 11.0. The van der Waals surface area contributed by atoms with Crippen LogP contribution in [-0.2, 0) is 16.0 Å². The molecule has 0 aromatic carbocycles. The molecule has 1 heterocycles. The van der Waals surface area contributed by atoms with Gasteiger partial charge in [-0.05, 0) is 27.1 Å². The van der Waals surface area contributed by atoms with Crippen molar-refractivity contribution in [2.75, 3.05) is 39.6 Å². The Labute approximate surface area is 112 Å². The molecule has 0 radical (unpaired) electrons. The monoisotopic (exact) mass is 271 g/mol. The fraction of sp³-hybridized carbons (Fsp3) is 0.667. The molecule has 0 spiro atoms. The fourth-order valence-electron chi connectivity index (χ4n) is 1.43. The lowest BCUT2D eigenvalue weighted by Gasteiger charge is -2.08. The number of methoxy groups -OCH3 is 1. The number of ether oxygens (including phenoxy) is 1. The molecule has 1 rings (SSSR count). The van der Waals surface area contributed by atoms with Crippen LogP contribution in [0.5, 0.6) is 0 Å². The first-order chi connectivity index (χ1) is 8.61. The maximum absolute atomic E-state index is 11.0. The molecule has 1 N–H and O–H groups in total. The number of anilines is 1. The zero-order valence-corrected chi connectivity index (χ0v) is 12.0. The third kappa shape index (κ3) is 5.97. The van der Waals surface area contributed by atoms with Crippen LogP contribution in [0.15, 0.2) is 5.38 Å². The molecule has 0 amide bonds. The Bertz CT molecular complexity index is 366.